The van der Waals surface area contributed by atoms with Gasteiger partial charge in [-0.1, -0.05) is 29.8 Å². The molecule has 1 aromatic rings. The SMILES string of the molecule is Cc1cccc(C(C)(N)C2CCOC3(CCOCC3)C2)c1. The Kier molecular flexibility index (Phi) is 4.08. The van der Waals surface area contributed by atoms with E-state index in [-0.39, 0.29) is 11.1 Å². The van der Waals surface area contributed by atoms with E-state index in [1.165, 1.54) is 11.1 Å². The van der Waals surface area contributed by atoms with Gasteiger partial charge in [0.25, 0.3) is 0 Å². The number of benzene rings is 1. The second-order valence-electron chi connectivity index (χ2n) is 6.99. The van der Waals surface area contributed by atoms with Crippen LogP contribution in [0.2, 0.25) is 0 Å². The summed E-state index contributed by atoms with van der Waals surface area (Å²) in [6.07, 6.45) is 4.11. The highest BCUT2D eigenvalue weighted by Crippen LogP contribution is 2.43. The molecular formula is C18H27NO2. The lowest BCUT2D eigenvalue weighted by molar-refractivity contribution is -0.154. The molecule has 0 radical (unpaired) electrons. The molecule has 0 aliphatic carbocycles. The van der Waals surface area contributed by atoms with Crippen LogP contribution in [0, 0.1) is 12.8 Å². The number of aryl methyl sites for hydroxylation is 1. The Morgan fingerprint density at radius 2 is 2.00 bits per heavy atom. The average molecular weight is 289 g/mol. The number of rotatable bonds is 2. The molecule has 1 aromatic carbocycles. The fourth-order valence-corrected chi connectivity index (χ4v) is 3.85. The monoisotopic (exact) mass is 289 g/mol. The summed E-state index contributed by atoms with van der Waals surface area (Å²) in [6, 6.07) is 8.63. The molecule has 1 spiro atoms. The highest BCUT2D eigenvalue weighted by Gasteiger charge is 2.44. The van der Waals surface area contributed by atoms with Gasteiger partial charge in [0.05, 0.1) is 5.60 Å². The van der Waals surface area contributed by atoms with Crippen molar-refractivity contribution in [3.63, 3.8) is 0 Å². The minimum atomic E-state index is -0.291. The predicted octanol–water partition coefficient (Wildman–Crippen LogP) is 3.14. The summed E-state index contributed by atoms with van der Waals surface area (Å²) < 4.78 is 11.7. The number of hydrogen-bond acceptors (Lipinski definition) is 3. The third kappa shape index (κ3) is 3.01. The number of hydrogen-bond donors (Lipinski definition) is 1. The van der Waals surface area contributed by atoms with Gasteiger partial charge < -0.3 is 15.2 Å². The van der Waals surface area contributed by atoms with Crippen molar-refractivity contribution in [3.8, 4) is 0 Å². The third-order valence-electron chi connectivity index (χ3n) is 5.39. The molecule has 0 aromatic heterocycles. The standard InChI is InChI=1S/C18H27NO2/c1-14-4-3-5-15(12-14)17(2,19)16-6-9-21-18(13-16)7-10-20-11-8-18/h3-5,12,16H,6-11,13,19H2,1-2H3. The molecule has 3 heteroatoms. The Hall–Kier alpha value is -0.900. The van der Waals surface area contributed by atoms with E-state index in [9.17, 15) is 0 Å². The van der Waals surface area contributed by atoms with Gasteiger partial charge in [0.2, 0.25) is 0 Å². The lowest BCUT2D eigenvalue weighted by atomic mass is 9.70. The van der Waals surface area contributed by atoms with E-state index in [1.807, 2.05) is 0 Å². The first-order valence-electron chi connectivity index (χ1n) is 8.10. The van der Waals surface area contributed by atoms with E-state index in [2.05, 4.69) is 38.1 Å². The smallest absolute Gasteiger partial charge is 0.0729 e. The van der Waals surface area contributed by atoms with Crippen LogP contribution in [0.4, 0.5) is 0 Å². The summed E-state index contributed by atoms with van der Waals surface area (Å²) in [5.74, 6) is 0.464. The first kappa shape index (κ1) is 15.0. The first-order chi connectivity index (χ1) is 10.0. The van der Waals surface area contributed by atoms with E-state index < -0.39 is 0 Å². The van der Waals surface area contributed by atoms with Crippen molar-refractivity contribution < 1.29 is 9.47 Å². The Balaban J connectivity index is 1.81. The topological polar surface area (TPSA) is 44.5 Å². The van der Waals surface area contributed by atoms with Gasteiger partial charge in [-0.3, -0.25) is 0 Å². The van der Waals surface area contributed by atoms with Crippen molar-refractivity contribution in [2.75, 3.05) is 19.8 Å². The molecule has 21 heavy (non-hydrogen) atoms. The van der Waals surface area contributed by atoms with Crippen molar-refractivity contribution in [1.82, 2.24) is 0 Å². The fraction of sp³-hybridized carbons (Fsp3) is 0.667. The summed E-state index contributed by atoms with van der Waals surface area (Å²) in [4.78, 5) is 0. The van der Waals surface area contributed by atoms with Gasteiger partial charge in [-0.05, 0) is 51.0 Å². The van der Waals surface area contributed by atoms with Gasteiger partial charge in [0.1, 0.15) is 0 Å². The van der Waals surface area contributed by atoms with Crippen LogP contribution in [-0.2, 0) is 15.0 Å². The van der Waals surface area contributed by atoms with Gasteiger partial charge in [0.15, 0.2) is 0 Å². The molecule has 2 aliphatic heterocycles. The molecule has 0 bridgehead atoms. The normalized spacial score (nSPS) is 28.2. The van der Waals surface area contributed by atoms with Crippen molar-refractivity contribution in [2.45, 2.75) is 50.7 Å². The highest BCUT2D eigenvalue weighted by atomic mass is 16.5. The molecule has 3 nitrogen and oxygen atoms in total. The molecule has 0 amide bonds. The van der Waals surface area contributed by atoms with E-state index in [1.54, 1.807) is 0 Å². The molecule has 2 heterocycles. The van der Waals surface area contributed by atoms with Crippen molar-refractivity contribution in [1.29, 1.82) is 0 Å². The largest absolute Gasteiger partial charge is 0.381 e. The van der Waals surface area contributed by atoms with Crippen LogP contribution in [0.25, 0.3) is 0 Å². The van der Waals surface area contributed by atoms with E-state index in [0.29, 0.717) is 5.92 Å². The maximum Gasteiger partial charge on any atom is 0.0729 e. The predicted molar refractivity (Wildman–Crippen MR) is 84.2 cm³/mol. The Morgan fingerprint density at radius 3 is 2.71 bits per heavy atom. The van der Waals surface area contributed by atoms with Crippen LogP contribution in [-0.4, -0.2) is 25.4 Å². The second kappa shape index (κ2) is 5.71. The lowest BCUT2D eigenvalue weighted by Gasteiger charge is -2.48. The quantitative estimate of drug-likeness (QED) is 0.909. The lowest BCUT2D eigenvalue weighted by Crippen LogP contribution is -2.51. The number of ether oxygens (including phenoxy) is 2. The van der Waals surface area contributed by atoms with Crippen LogP contribution in [0.5, 0.6) is 0 Å². The van der Waals surface area contributed by atoms with Gasteiger partial charge in [-0.2, -0.15) is 0 Å². The minimum absolute atomic E-state index is 0.00558. The molecular weight excluding hydrogens is 262 g/mol. The summed E-state index contributed by atoms with van der Waals surface area (Å²) in [6.45, 7) is 6.77. The molecule has 2 N–H and O–H groups in total. The van der Waals surface area contributed by atoms with Gasteiger partial charge in [-0.15, -0.1) is 0 Å². The zero-order valence-corrected chi connectivity index (χ0v) is 13.2. The molecule has 2 unspecified atom stereocenters. The van der Waals surface area contributed by atoms with Crippen LogP contribution in [0.1, 0.15) is 43.7 Å². The molecule has 2 saturated heterocycles. The Bertz CT molecular complexity index is 486. The maximum atomic E-state index is 6.78. The molecule has 2 fully saturated rings. The van der Waals surface area contributed by atoms with Crippen molar-refractivity contribution in [3.05, 3.63) is 35.4 Å². The Labute approximate surface area is 127 Å². The fourth-order valence-electron chi connectivity index (χ4n) is 3.85. The van der Waals surface area contributed by atoms with Crippen LogP contribution in [0.3, 0.4) is 0 Å². The second-order valence-corrected chi connectivity index (χ2v) is 6.99. The molecule has 0 saturated carbocycles. The van der Waals surface area contributed by atoms with E-state index in [4.69, 9.17) is 15.2 Å². The summed E-state index contributed by atoms with van der Waals surface area (Å²) >= 11 is 0. The zero-order chi connectivity index (χ0) is 14.9. The first-order valence-corrected chi connectivity index (χ1v) is 8.10. The molecule has 116 valence electrons. The van der Waals surface area contributed by atoms with E-state index >= 15 is 0 Å². The number of nitrogens with two attached hydrogens (primary N) is 1. The molecule has 2 aliphatic rings. The Morgan fingerprint density at radius 1 is 1.24 bits per heavy atom. The van der Waals surface area contributed by atoms with E-state index in [0.717, 1.165) is 45.5 Å². The van der Waals surface area contributed by atoms with Gasteiger partial charge >= 0.3 is 0 Å². The summed E-state index contributed by atoms with van der Waals surface area (Å²) in [7, 11) is 0. The van der Waals surface area contributed by atoms with Crippen molar-refractivity contribution in [2.24, 2.45) is 11.7 Å². The molecule has 2 atom stereocenters. The van der Waals surface area contributed by atoms with Crippen molar-refractivity contribution >= 4 is 0 Å². The highest BCUT2D eigenvalue weighted by molar-refractivity contribution is 5.29. The summed E-state index contributed by atoms with van der Waals surface area (Å²) in [5, 5.41) is 0. The maximum absolute atomic E-state index is 6.78. The van der Waals surface area contributed by atoms with Crippen LogP contribution < -0.4 is 5.73 Å². The van der Waals surface area contributed by atoms with Crippen LogP contribution >= 0.6 is 0 Å². The summed E-state index contributed by atoms with van der Waals surface area (Å²) in [5.41, 5.74) is 9.02. The average Bonchev–Trinajstić information content (AvgIpc) is 2.48. The minimum Gasteiger partial charge on any atom is -0.381 e. The third-order valence-corrected chi connectivity index (χ3v) is 5.39. The van der Waals surface area contributed by atoms with Gasteiger partial charge in [-0.25, -0.2) is 0 Å². The van der Waals surface area contributed by atoms with Gasteiger partial charge in [0, 0.05) is 25.4 Å². The zero-order valence-electron chi connectivity index (χ0n) is 13.2. The molecule has 3 rings (SSSR count). The van der Waals surface area contributed by atoms with Crippen LogP contribution in [0.15, 0.2) is 24.3 Å².